The molecule has 1 heterocycles. The highest BCUT2D eigenvalue weighted by atomic mass is 79.9. The number of hydrogen-bond donors (Lipinski definition) is 1. The van der Waals surface area contributed by atoms with Crippen LogP contribution in [0.2, 0.25) is 0 Å². The Labute approximate surface area is 123 Å². The molecule has 5 heteroatoms. The van der Waals surface area contributed by atoms with Crippen molar-refractivity contribution in [3.8, 4) is 0 Å². The molecular formula is C14H24BrN3O. The topological polar surface area (TPSA) is 53.1 Å². The molecule has 0 aliphatic heterocycles. The van der Waals surface area contributed by atoms with Gasteiger partial charge in [-0.25, -0.2) is 0 Å². The summed E-state index contributed by atoms with van der Waals surface area (Å²) in [6.07, 6.45) is 5.41. The average molecular weight is 330 g/mol. The molecule has 1 fully saturated rings. The number of nitrogens with two attached hydrogens (primary N) is 1. The summed E-state index contributed by atoms with van der Waals surface area (Å²) < 4.78 is 9.04. The largest absolute Gasteiger partial charge is 0.374 e. The number of halogens is 1. The molecular weight excluding hydrogens is 306 g/mol. The predicted molar refractivity (Wildman–Crippen MR) is 80.1 cm³/mol. The first-order chi connectivity index (χ1) is 9.00. The van der Waals surface area contributed by atoms with Gasteiger partial charge in [0, 0.05) is 26.1 Å². The average Bonchev–Trinajstić information content (AvgIpc) is 2.92. The van der Waals surface area contributed by atoms with Crippen LogP contribution in [0.4, 0.5) is 0 Å². The monoisotopic (exact) mass is 329 g/mol. The number of nitrogens with zero attached hydrogens (tertiary/aromatic N) is 2. The molecule has 1 saturated carbocycles. The lowest BCUT2D eigenvalue weighted by atomic mass is 9.89. The predicted octanol–water partition coefficient (Wildman–Crippen LogP) is 2.71. The van der Waals surface area contributed by atoms with Crippen molar-refractivity contribution in [1.82, 2.24) is 9.78 Å². The third kappa shape index (κ3) is 2.88. The van der Waals surface area contributed by atoms with Crippen molar-refractivity contribution >= 4 is 15.9 Å². The van der Waals surface area contributed by atoms with Gasteiger partial charge in [0.2, 0.25) is 0 Å². The smallest absolute Gasteiger partial charge is 0.0836 e. The van der Waals surface area contributed by atoms with E-state index in [9.17, 15) is 0 Å². The fraction of sp³-hybridized carbons (Fsp3) is 0.786. The van der Waals surface area contributed by atoms with E-state index in [4.69, 9.17) is 10.5 Å². The minimum absolute atomic E-state index is 0.0287. The molecule has 1 atom stereocenters. The van der Waals surface area contributed by atoms with Crippen molar-refractivity contribution in [2.45, 2.75) is 57.6 Å². The van der Waals surface area contributed by atoms with E-state index >= 15 is 0 Å². The van der Waals surface area contributed by atoms with E-state index in [0.717, 1.165) is 41.7 Å². The second-order valence-corrected chi connectivity index (χ2v) is 6.28. The van der Waals surface area contributed by atoms with Crippen LogP contribution in [0.15, 0.2) is 4.47 Å². The van der Waals surface area contributed by atoms with E-state index in [0.29, 0.717) is 0 Å². The maximum atomic E-state index is 6.49. The fourth-order valence-corrected chi connectivity index (χ4v) is 3.68. The summed E-state index contributed by atoms with van der Waals surface area (Å²) in [6, 6.07) is 0.0287. The second-order valence-electron chi connectivity index (χ2n) is 5.49. The van der Waals surface area contributed by atoms with Crippen LogP contribution in [-0.2, 0) is 18.2 Å². The van der Waals surface area contributed by atoms with E-state index in [1.807, 2.05) is 18.7 Å². The van der Waals surface area contributed by atoms with E-state index in [1.54, 1.807) is 0 Å². The zero-order valence-electron chi connectivity index (χ0n) is 12.1. The first kappa shape index (κ1) is 15.0. The van der Waals surface area contributed by atoms with Gasteiger partial charge in [-0.2, -0.15) is 5.10 Å². The Kier molecular flexibility index (Phi) is 4.69. The third-order valence-electron chi connectivity index (χ3n) is 4.23. The van der Waals surface area contributed by atoms with Gasteiger partial charge in [0.25, 0.3) is 0 Å². The number of aromatic nitrogens is 2. The first-order valence-electron chi connectivity index (χ1n) is 7.07. The Bertz CT molecular complexity index is 438. The van der Waals surface area contributed by atoms with Crippen LogP contribution < -0.4 is 5.73 Å². The number of ether oxygens (including phenoxy) is 1. The van der Waals surface area contributed by atoms with E-state index in [-0.39, 0.29) is 11.6 Å². The minimum Gasteiger partial charge on any atom is -0.374 e. The molecule has 0 spiro atoms. The summed E-state index contributed by atoms with van der Waals surface area (Å²) in [5, 5.41) is 4.43. The Morgan fingerprint density at radius 2 is 2.11 bits per heavy atom. The van der Waals surface area contributed by atoms with Gasteiger partial charge in [-0.1, -0.05) is 12.8 Å². The van der Waals surface area contributed by atoms with E-state index < -0.39 is 0 Å². The van der Waals surface area contributed by atoms with Crippen LogP contribution in [0, 0.1) is 6.92 Å². The van der Waals surface area contributed by atoms with Crippen molar-refractivity contribution in [1.29, 1.82) is 0 Å². The fourth-order valence-electron chi connectivity index (χ4n) is 3.18. The van der Waals surface area contributed by atoms with Crippen LogP contribution >= 0.6 is 15.9 Å². The van der Waals surface area contributed by atoms with Crippen molar-refractivity contribution < 1.29 is 4.74 Å². The van der Waals surface area contributed by atoms with Crippen molar-refractivity contribution in [3.05, 3.63) is 15.9 Å². The molecule has 1 unspecified atom stereocenters. The van der Waals surface area contributed by atoms with Crippen LogP contribution in [0.3, 0.4) is 0 Å². The highest BCUT2D eigenvalue weighted by molar-refractivity contribution is 9.10. The van der Waals surface area contributed by atoms with Gasteiger partial charge in [0.1, 0.15) is 0 Å². The summed E-state index contributed by atoms with van der Waals surface area (Å²) in [5.41, 5.74) is 8.54. The van der Waals surface area contributed by atoms with Gasteiger partial charge in [-0.3, -0.25) is 4.68 Å². The molecule has 1 aromatic heterocycles. The summed E-state index contributed by atoms with van der Waals surface area (Å²) in [4.78, 5) is 0. The molecule has 0 aromatic carbocycles. The van der Waals surface area contributed by atoms with Crippen LogP contribution in [0.1, 0.15) is 44.0 Å². The van der Waals surface area contributed by atoms with Crippen molar-refractivity contribution in [3.63, 3.8) is 0 Å². The Hall–Kier alpha value is -0.390. The molecule has 1 aliphatic rings. The molecule has 0 saturated heterocycles. The SMILES string of the molecule is CCOC1(C(N)Cc2c(Br)c(C)nn2C)CCCC1. The second kappa shape index (κ2) is 5.94. The summed E-state index contributed by atoms with van der Waals surface area (Å²) >= 11 is 3.62. The minimum atomic E-state index is -0.133. The maximum absolute atomic E-state index is 6.49. The first-order valence-corrected chi connectivity index (χ1v) is 7.87. The zero-order chi connectivity index (χ0) is 14.0. The molecule has 19 heavy (non-hydrogen) atoms. The Morgan fingerprint density at radius 1 is 1.47 bits per heavy atom. The van der Waals surface area contributed by atoms with Gasteiger partial charge >= 0.3 is 0 Å². The molecule has 108 valence electrons. The third-order valence-corrected chi connectivity index (χ3v) is 5.26. The molecule has 2 rings (SSSR count). The lowest BCUT2D eigenvalue weighted by molar-refractivity contribution is -0.0528. The van der Waals surface area contributed by atoms with Gasteiger partial charge in [-0.15, -0.1) is 0 Å². The van der Waals surface area contributed by atoms with Crippen LogP contribution in [0.25, 0.3) is 0 Å². The van der Waals surface area contributed by atoms with Crippen molar-refractivity contribution in [2.75, 3.05) is 6.61 Å². The van der Waals surface area contributed by atoms with E-state index in [2.05, 4.69) is 28.0 Å². The maximum Gasteiger partial charge on any atom is 0.0836 e. The van der Waals surface area contributed by atoms with Crippen molar-refractivity contribution in [2.24, 2.45) is 12.8 Å². The van der Waals surface area contributed by atoms with Crippen LogP contribution in [0.5, 0.6) is 0 Å². The van der Waals surface area contributed by atoms with Gasteiger partial charge in [0.15, 0.2) is 0 Å². The van der Waals surface area contributed by atoms with E-state index in [1.165, 1.54) is 12.8 Å². The molecule has 0 amide bonds. The Morgan fingerprint density at radius 3 is 2.58 bits per heavy atom. The van der Waals surface area contributed by atoms with Gasteiger partial charge in [-0.05, 0) is 42.6 Å². The lowest BCUT2D eigenvalue weighted by Gasteiger charge is -2.35. The molecule has 4 nitrogen and oxygen atoms in total. The number of aryl methyl sites for hydroxylation is 2. The summed E-state index contributed by atoms with van der Waals surface area (Å²) in [7, 11) is 1.97. The normalized spacial score (nSPS) is 19.8. The molecule has 0 bridgehead atoms. The summed E-state index contributed by atoms with van der Waals surface area (Å²) in [6.45, 7) is 4.79. The van der Waals surface area contributed by atoms with Gasteiger partial charge in [0.05, 0.1) is 21.5 Å². The Balaban J connectivity index is 2.17. The van der Waals surface area contributed by atoms with Gasteiger partial charge < -0.3 is 10.5 Å². The molecule has 1 aliphatic carbocycles. The quantitative estimate of drug-likeness (QED) is 0.903. The molecule has 0 radical (unpaired) electrons. The molecule has 1 aromatic rings. The number of hydrogen-bond acceptors (Lipinski definition) is 3. The standard InChI is InChI=1S/C14H24BrN3O/c1-4-19-14(7-5-6-8-14)12(16)9-11-13(15)10(2)17-18(11)3/h12H,4-9,16H2,1-3H3. The van der Waals surface area contributed by atoms with Crippen LogP contribution in [-0.4, -0.2) is 28.0 Å². The lowest BCUT2D eigenvalue weighted by Crippen LogP contribution is -2.49. The highest BCUT2D eigenvalue weighted by Crippen LogP contribution is 2.37. The summed E-state index contributed by atoms with van der Waals surface area (Å²) in [5.74, 6) is 0. The number of rotatable bonds is 5. The molecule has 2 N–H and O–H groups in total. The highest BCUT2D eigenvalue weighted by Gasteiger charge is 2.40. The zero-order valence-corrected chi connectivity index (χ0v) is 13.7.